The lowest BCUT2D eigenvalue weighted by atomic mass is 10.3. The standard InChI is InChI=1S/C10H18N2O/c1-3-5-6-8-12-10(13)7-9-11-4-2/h1,11H,4-9H2,2H3,(H,12,13). The molecule has 2 N–H and O–H groups in total. The van der Waals surface area contributed by atoms with Crippen LogP contribution >= 0.6 is 0 Å². The highest BCUT2D eigenvalue weighted by molar-refractivity contribution is 5.75. The van der Waals surface area contributed by atoms with Gasteiger partial charge >= 0.3 is 0 Å². The van der Waals surface area contributed by atoms with Gasteiger partial charge in [-0.05, 0) is 13.0 Å². The fraction of sp³-hybridized carbons (Fsp3) is 0.700. The van der Waals surface area contributed by atoms with E-state index in [0.29, 0.717) is 13.0 Å². The fourth-order valence-electron chi connectivity index (χ4n) is 0.885. The first-order valence-electron chi connectivity index (χ1n) is 4.72. The summed E-state index contributed by atoms with van der Waals surface area (Å²) in [6.45, 7) is 4.36. The molecular weight excluding hydrogens is 164 g/mol. The minimum atomic E-state index is 0.0953. The van der Waals surface area contributed by atoms with Crippen LogP contribution in [0.5, 0.6) is 0 Å². The first-order chi connectivity index (χ1) is 6.31. The maximum Gasteiger partial charge on any atom is 0.221 e. The van der Waals surface area contributed by atoms with Gasteiger partial charge in [-0.1, -0.05) is 6.92 Å². The molecule has 0 aromatic carbocycles. The molecule has 0 bridgehead atoms. The third-order valence-electron chi connectivity index (χ3n) is 1.60. The average molecular weight is 182 g/mol. The van der Waals surface area contributed by atoms with E-state index < -0.39 is 0 Å². The van der Waals surface area contributed by atoms with Crippen LogP contribution in [-0.2, 0) is 4.79 Å². The molecule has 3 nitrogen and oxygen atoms in total. The number of hydrogen-bond acceptors (Lipinski definition) is 2. The molecule has 0 aliphatic rings. The SMILES string of the molecule is C#CCCCNC(=O)CCNCC. The molecular formula is C10H18N2O. The van der Waals surface area contributed by atoms with Crippen molar-refractivity contribution in [2.24, 2.45) is 0 Å². The molecule has 0 unspecified atom stereocenters. The normalized spacial score (nSPS) is 9.23. The minimum Gasteiger partial charge on any atom is -0.356 e. The number of hydrogen-bond donors (Lipinski definition) is 2. The maximum atomic E-state index is 11.1. The van der Waals surface area contributed by atoms with Gasteiger partial charge in [0.05, 0.1) is 0 Å². The Balaban J connectivity index is 3.16. The van der Waals surface area contributed by atoms with Crippen molar-refractivity contribution >= 4 is 5.91 Å². The minimum absolute atomic E-state index is 0.0953. The van der Waals surface area contributed by atoms with Gasteiger partial charge in [0, 0.05) is 25.9 Å². The molecule has 0 radical (unpaired) electrons. The number of unbranched alkanes of at least 4 members (excludes halogenated alkanes) is 1. The monoisotopic (exact) mass is 182 g/mol. The summed E-state index contributed by atoms with van der Waals surface area (Å²) in [6, 6.07) is 0. The van der Waals surface area contributed by atoms with E-state index in [0.717, 1.165) is 25.9 Å². The zero-order valence-electron chi connectivity index (χ0n) is 8.23. The number of carbonyl (C=O) groups excluding carboxylic acids is 1. The predicted octanol–water partition coefficient (Wildman–Crippen LogP) is 0.516. The quantitative estimate of drug-likeness (QED) is 0.445. The zero-order chi connectivity index (χ0) is 9.94. The van der Waals surface area contributed by atoms with Crippen molar-refractivity contribution in [2.75, 3.05) is 19.6 Å². The van der Waals surface area contributed by atoms with Gasteiger partial charge in [-0.3, -0.25) is 4.79 Å². The van der Waals surface area contributed by atoms with Gasteiger partial charge in [0.25, 0.3) is 0 Å². The smallest absolute Gasteiger partial charge is 0.221 e. The van der Waals surface area contributed by atoms with Crippen molar-refractivity contribution in [2.45, 2.75) is 26.2 Å². The van der Waals surface area contributed by atoms with Crippen LogP contribution in [0.4, 0.5) is 0 Å². The van der Waals surface area contributed by atoms with Gasteiger partial charge in [-0.25, -0.2) is 0 Å². The van der Waals surface area contributed by atoms with E-state index >= 15 is 0 Å². The summed E-state index contributed by atoms with van der Waals surface area (Å²) in [5, 5.41) is 5.89. The second-order valence-corrected chi connectivity index (χ2v) is 2.76. The molecule has 0 spiro atoms. The molecule has 0 aromatic heterocycles. The molecule has 0 aliphatic heterocycles. The van der Waals surface area contributed by atoms with E-state index in [-0.39, 0.29) is 5.91 Å². The van der Waals surface area contributed by atoms with E-state index in [9.17, 15) is 4.79 Å². The Bertz CT molecular complexity index is 172. The summed E-state index contributed by atoms with van der Waals surface area (Å²) in [4.78, 5) is 11.1. The van der Waals surface area contributed by atoms with Gasteiger partial charge in [-0.2, -0.15) is 0 Å². The molecule has 0 atom stereocenters. The third kappa shape index (κ3) is 8.90. The second kappa shape index (κ2) is 9.08. The van der Waals surface area contributed by atoms with Crippen LogP contribution in [-0.4, -0.2) is 25.5 Å². The molecule has 0 heterocycles. The van der Waals surface area contributed by atoms with Crippen molar-refractivity contribution in [3.8, 4) is 12.3 Å². The lowest BCUT2D eigenvalue weighted by molar-refractivity contribution is -0.120. The van der Waals surface area contributed by atoms with Crippen molar-refractivity contribution in [3.05, 3.63) is 0 Å². The Kier molecular flexibility index (Phi) is 8.38. The molecule has 0 aromatic rings. The van der Waals surface area contributed by atoms with E-state index in [2.05, 4.69) is 16.6 Å². The number of amides is 1. The number of terminal acetylenes is 1. The Morgan fingerprint density at radius 3 is 2.85 bits per heavy atom. The predicted molar refractivity (Wildman–Crippen MR) is 54.2 cm³/mol. The lowest BCUT2D eigenvalue weighted by Gasteiger charge is -2.03. The van der Waals surface area contributed by atoms with Gasteiger partial charge < -0.3 is 10.6 Å². The summed E-state index contributed by atoms with van der Waals surface area (Å²) in [7, 11) is 0. The summed E-state index contributed by atoms with van der Waals surface area (Å²) in [5.74, 6) is 2.63. The lowest BCUT2D eigenvalue weighted by Crippen LogP contribution is -2.28. The molecule has 3 heteroatoms. The van der Waals surface area contributed by atoms with Crippen LogP contribution in [0, 0.1) is 12.3 Å². The van der Waals surface area contributed by atoms with Crippen LogP contribution in [0.25, 0.3) is 0 Å². The molecule has 0 rings (SSSR count). The van der Waals surface area contributed by atoms with E-state index in [1.807, 2.05) is 6.92 Å². The fourth-order valence-corrected chi connectivity index (χ4v) is 0.885. The van der Waals surface area contributed by atoms with Crippen LogP contribution < -0.4 is 10.6 Å². The van der Waals surface area contributed by atoms with Crippen LogP contribution in [0.3, 0.4) is 0 Å². The van der Waals surface area contributed by atoms with E-state index in [1.165, 1.54) is 0 Å². The van der Waals surface area contributed by atoms with Crippen LogP contribution in [0.2, 0.25) is 0 Å². The largest absolute Gasteiger partial charge is 0.356 e. The van der Waals surface area contributed by atoms with Crippen LogP contribution in [0.1, 0.15) is 26.2 Å². The molecule has 74 valence electrons. The Morgan fingerprint density at radius 1 is 1.46 bits per heavy atom. The van der Waals surface area contributed by atoms with Crippen molar-refractivity contribution in [1.82, 2.24) is 10.6 Å². The third-order valence-corrected chi connectivity index (χ3v) is 1.60. The first-order valence-corrected chi connectivity index (χ1v) is 4.72. The first kappa shape index (κ1) is 12.0. The highest BCUT2D eigenvalue weighted by Gasteiger charge is 1.97. The van der Waals surface area contributed by atoms with E-state index in [1.54, 1.807) is 0 Å². The molecule has 0 saturated carbocycles. The summed E-state index contributed by atoms with van der Waals surface area (Å²) in [6.07, 6.45) is 7.21. The molecule has 1 amide bonds. The molecule has 0 aliphatic carbocycles. The number of carbonyl (C=O) groups is 1. The summed E-state index contributed by atoms with van der Waals surface area (Å²) < 4.78 is 0. The summed E-state index contributed by atoms with van der Waals surface area (Å²) >= 11 is 0. The highest BCUT2D eigenvalue weighted by Crippen LogP contribution is 1.84. The zero-order valence-corrected chi connectivity index (χ0v) is 8.23. The molecule has 0 saturated heterocycles. The highest BCUT2D eigenvalue weighted by atomic mass is 16.1. The number of nitrogens with one attached hydrogen (secondary N) is 2. The molecule has 0 fully saturated rings. The van der Waals surface area contributed by atoms with Crippen molar-refractivity contribution in [3.63, 3.8) is 0 Å². The maximum absolute atomic E-state index is 11.1. The van der Waals surface area contributed by atoms with E-state index in [4.69, 9.17) is 6.42 Å². The van der Waals surface area contributed by atoms with Gasteiger partial charge in [-0.15, -0.1) is 12.3 Å². The van der Waals surface area contributed by atoms with Crippen LogP contribution in [0.15, 0.2) is 0 Å². The Morgan fingerprint density at radius 2 is 2.23 bits per heavy atom. The van der Waals surface area contributed by atoms with Crippen molar-refractivity contribution < 1.29 is 4.79 Å². The number of rotatable bonds is 7. The molecule has 13 heavy (non-hydrogen) atoms. The second-order valence-electron chi connectivity index (χ2n) is 2.76. The van der Waals surface area contributed by atoms with Gasteiger partial charge in [0.2, 0.25) is 5.91 Å². The topological polar surface area (TPSA) is 41.1 Å². The Hall–Kier alpha value is -1.01. The van der Waals surface area contributed by atoms with Crippen molar-refractivity contribution in [1.29, 1.82) is 0 Å². The van der Waals surface area contributed by atoms with Gasteiger partial charge in [0.15, 0.2) is 0 Å². The van der Waals surface area contributed by atoms with Gasteiger partial charge in [0.1, 0.15) is 0 Å². The summed E-state index contributed by atoms with van der Waals surface area (Å²) in [5.41, 5.74) is 0. The average Bonchev–Trinajstić information content (AvgIpc) is 2.13. The Labute approximate surface area is 80.3 Å².